The van der Waals surface area contributed by atoms with Gasteiger partial charge in [-0.25, -0.2) is 0 Å². The van der Waals surface area contributed by atoms with Crippen LogP contribution in [0.5, 0.6) is 0 Å². The number of aliphatic carboxylic acids is 2. The molecule has 0 rings (SSSR count). The molecule has 2 N–H and O–H groups in total. The largest absolute Gasteiger partial charge is 0.480 e. The average Bonchev–Trinajstić information content (AvgIpc) is 1.99. The summed E-state index contributed by atoms with van der Waals surface area (Å²) in [5, 5.41) is 17.0. The smallest absolute Gasteiger partial charge is 0.321 e. The molecule has 0 aromatic heterocycles. The van der Waals surface area contributed by atoms with Gasteiger partial charge < -0.3 is 10.2 Å². The number of carboxylic acid groups (broad SMARTS) is 2. The summed E-state index contributed by atoms with van der Waals surface area (Å²) in [5.74, 6) is -4.16. The van der Waals surface area contributed by atoms with Crippen molar-refractivity contribution < 1.29 is 19.8 Å². The van der Waals surface area contributed by atoms with Crippen LogP contribution in [-0.2, 0) is 9.59 Å². The van der Waals surface area contributed by atoms with Crippen LogP contribution in [0.25, 0.3) is 0 Å². The van der Waals surface area contributed by atoms with Gasteiger partial charge in [-0.3, -0.25) is 9.59 Å². The van der Waals surface area contributed by atoms with Crippen molar-refractivity contribution in [2.45, 2.75) is 13.8 Å². The predicted molar refractivity (Wildman–Crippen MR) is 47.3 cm³/mol. The molecule has 13 heavy (non-hydrogen) atoms. The van der Waals surface area contributed by atoms with Crippen LogP contribution < -0.4 is 0 Å². The van der Waals surface area contributed by atoms with E-state index in [1.54, 1.807) is 26.0 Å². The molecule has 0 radical (unpaired) electrons. The summed E-state index contributed by atoms with van der Waals surface area (Å²) < 4.78 is 0. The van der Waals surface area contributed by atoms with Gasteiger partial charge in [0.15, 0.2) is 5.92 Å². The molecular weight excluding hydrogens is 172 g/mol. The van der Waals surface area contributed by atoms with Crippen molar-refractivity contribution in [2.75, 3.05) is 0 Å². The zero-order valence-electron chi connectivity index (χ0n) is 7.52. The fourth-order valence-electron chi connectivity index (χ4n) is 0.830. The maximum Gasteiger partial charge on any atom is 0.321 e. The number of hydrogen-bond acceptors (Lipinski definition) is 2. The lowest BCUT2D eigenvalue weighted by Crippen LogP contribution is -2.21. The molecule has 0 amide bonds. The fraction of sp³-hybridized carbons (Fsp3) is 0.333. The van der Waals surface area contributed by atoms with E-state index in [0.29, 0.717) is 5.57 Å². The summed E-state index contributed by atoms with van der Waals surface area (Å²) in [6.07, 6.45) is 4.57. The molecule has 0 aliphatic heterocycles. The molecule has 0 saturated heterocycles. The zero-order valence-corrected chi connectivity index (χ0v) is 7.52. The van der Waals surface area contributed by atoms with E-state index in [1.807, 2.05) is 0 Å². The Morgan fingerprint density at radius 3 is 2.00 bits per heavy atom. The third-order valence-corrected chi connectivity index (χ3v) is 1.39. The number of allylic oxidation sites excluding steroid dienone is 3. The number of carboxylic acids is 2. The SMILES string of the molecule is C/C=C/C(C)=C/C(C(=O)O)C(=O)O. The van der Waals surface area contributed by atoms with Gasteiger partial charge >= 0.3 is 11.9 Å². The Labute approximate surface area is 76.2 Å². The van der Waals surface area contributed by atoms with Crippen LogP contribution in [0, 0.1) is 5.92 Å². The van der Waals surface area contributed by atoms with Crippen LogP contribution in [0.2, 0.25) is 0 Å². The molecule has 0 aliphatic rings. The Hall–Kier alpha value is -1.58. The highest BCUT2D eigenvalue weighted by molar-refractivity contribution is 5.95. The lowest BCUT2D eigenvalue weighted by Gasteiger charge is -2.01. The Balaban J connectivity index is 4.69. The molecule has 4 heteroatoms. The van der Waals surface area contributed by atoms with Gasteiger partial charge in [0.1, 0.15) is 0 Å². The fourth-order valence-corrected chi connectivity index (χ4v) is 0.830. The van der Waals surface area contributed by atoms with Crippen LogP contribution in [0.4, 0.5) is 0 Å². The summed E-state index contributed by atoms with van der Waals surface area (Å²) in [5.41, 5.74) is 0.623. The second-order valence-electron chi connectivity index (χ2n) is 2.56. The van der Waals surface area contributed by atoms with Crippen molar-refractivity contribution in [1.82, 2.24) is 0 Å². The summed E-state index contributed by atoms with van der Waals surface area (Å²) in [6.45, 7) is 3.42. The van der Waals surface area contributed by atoms with Crippen LogP contribution >= 0.6 is 0 Å². The van der Waals surface area contributed by atoms with E-state index >= 15 is 0 Å². The molecule has 0 aromatic rings. The minimum absolute atomic E-state index is 0.623. The molecule has 0 fully saturated rings. The normalized spacial score (nSPS) is 12.4. The van der Waals surface area contributed by atoms with E-state index in [2.05, 4.69) is 0 Å². The molecule has 0 saturated carbocycles. The standard InChI is InChI=1S/C9H12O4/c1-3-4-6(2)5-7(8(10)11)9(12)13/h3-5,7H,1-2H3,(H,10,11)(H,12,13)/b4-3+,6-5+. The molecule has 72 valence electrons. The van der Waals surface area contributed by atoms with E-state index in [-0.39, 0.29) is 0 Å². The van der Waals surface area contributed by atoms with E-state index in [4.69, 9.17) is 10.2 Å². The minimum atomic E-state index is -1.46. The van der Waals surface area contributed by atoms with E-state index in [0.717, 1.165) is 0 Å². The highest BCUT2D eigenvalue weighted by Crippen LogP contribution is 2.05. The summed E-state index contributed by atoms with van der Waals surface area (Å²) in [4.78, 5) is 20.9. The van der Waals surface area contributed by atoms with E-state index in [1.165, 1.54) is 6.08 Å². The monoisotopic (exact) mass is 184 g/mol. The first-order valence-corrected chi connectivity index (χ1v) is 3.75. The van der Waals surface area contributed by atoms with Crippen LogP contribution in [0.3, 0.4) is 0 Å². The van der Waals surface area contributed by atoms with Gasteiger partial charge in [0, 0.05) is 0 Å². The van der Waals surface area contributed by atoms with Gasteiger partial charge in [0.2, 0.25) is 0 Å². The van der Waals surface area contributed by atoms with Gasteiger partial charge in [-0.1, -0.05) is 23.8 Å². The van der Waals surface area contributed by atoms with Gasteiger partial charge in [0.25, 0.3) is 0 Å². The topological polar surface area (TPSA) is 74.6 Å². The van der Waals surface area contributed by atoms with Crippen molar-refractivity contribution in [2.24, 2.45) is 5.92 Å². The predicted octanol–water partition coefficient (Wildman–Crippen LogP) is 1.29. The molecule has 0 aliphatic carbocycles. The lowest BCUT2D eigenvalue weighted by molar-refractivity contribution is -0.151. The third-order valence-electron chi connectivity index (χ3n) is 1.39. The van der Waals surface area contributed by atoms with Crippen molar-refractivity contribution in [3.63, 3.8) is 0 Å². The van der Waals surface area contributed by atoms with Gasteiger partial charge in [-0.05, 0) is 13.8 Å². The van der Waals surface area contributed by atoms with Crippen LogP contribution in [-0.4, -0.2) is 22.2 Å². The minimum Gasteiger partial charge on any atom is -0.480 e. The lowest BCUT2D eigenvalue weighted by atomic mass is 10.1. The molecule has 0 bridgehead atoms. The van der Waals surface area contributed by atoms with Crippen molar-refractivity contribution >= 4 is 11.9 Å². The highest BCUT2D eigenvalue weighted by atomic mass is 16.4. The van der Waals surface area contributed by atoms with Crippen molar-refractivity contribution in [3.8, 4) is 0 Å². The van der Waals surface area contributed by atoms with Crippen molar-refractivity contribution in [1.29, 1.82) is 0 Å². The van der Waals surface area contributed by atoms with Crippen molar-refractivity contribution in [3.05, 3.63) is 23.8 Å². The van der Waals surface area contributed by atoms with Gasteiger partial charge in [-0.15, -0.1) is 0 Å². The van der Waals surface area contributed by atoms with Crippen LogP contribution in [0.1, 0.15) is 13.8 Å². The molecule has 0 spiro atoms. The van der Waals surface area contributed by atoms with E-state index in [9.17, 15) is 9.59 Å². The average molecular weight is 184 g/mol. The first kappa shape index (κ1) is 11.4. The Bertz CT molecular complexity index is 249. The number of hydrogen-bond donors (Lipinski definition) is 2. The second-order valence-corrected chi connectivity index (χ2v) is 2.56. The Morgan fingerprint density at radius 1 is 1.23 bits per heavy atom. The first-order valence-electron chi connectivity index (χ1n) is 3.75. The molecular formula is C9H12O4. The Morgan fingerprint density at radius 2 is 1.69 bits per heavy atom. The molecule has 0 heterocycles. The number of carbonyl (C=O) groups is 2. The molecule has 0 aromatic carbocycles. The highest BCUT2D eigenvalue weighted by Gasteiger charge is 2.22. The van der Waals surface area contributed by atoms with Gasteiger partial charge in [0.05, 0.1) is 0 Å². The third kappa shape index (κ3) is 4.10. The van der Waals surface area contributed by atoms with Gasteiger partial charge in [-0.2, -0.15) is 0 Å². The van der Waals surface area contributed by atoms with Crippen LogP contribution in [0.15, 0.2) is 23.8 Å². The van der Waals surface area contributed by atoms with E-state index < -0.39 is 17.9 Å². The Kier molecular flexibility index (Phi) is 4.51. The number of rotatable bonds is 4. The molecule has 0 atom stereocenters. The molecule has 0 unspecified atom stereocenters. The quantitative estimate of drug-likeness (QED) is 0.510. The maximum atomic E-state index is 10.4. The summed E-state index contributed by atoms with van der Waals surface area (Å²) >= 11 is 0. The summed E-state index contributed by atoms with van der Waals surface area (Å²) in [6, 6.07) is 0. The zero-order chi connectivity index (χ0) is 10.4. The first-order chi connectivity index (χ1) is 5.99. The summed E-state index contributed by atoms with van der Waals surface area (Å²) in [7, 11) is 0. The maximum absolute atomic E-state index is 10.4. The second kappa shape index (κ2) is 5.13. The molecule has 4 nitrogen and oxygen atoms in total.